The average molecular weight is 296 g/mol. The summed E-state index contributed by atoms with van der Waals surface area (Å²) in [6.45, 7) is 1.21. The summed E-state index contributed by atoms with van der Waals surface area (Å²) in [5, 5.41) is 6.37. The van der Waals surface area contributed by atoms with Crippen molar-refractivity contribution >= 4 is 11.9 Å². The Kier molecular flexibility index (Phi) is 6.16. The maximum atomic E-state index is 4.48. The minimum atomic E-state index is 1.08. The number of hydrogen-bond acceptors (Lipinski definition) is 2. The van der Waals surface area contributed by atoms with Crippen LogP contribution in [0.5, 0.6) is 0 Å². The highest BCUT2D eigenvalue weighted by molar-refractivity contribution is 5.80. The lowest BCUT2D eigenvalue weighted by atomic mass is 10.1. The average Bonchev–Trinajstić information content (AvgIpc) is 2.54. The quantitative estimate of drug-likeness (QED) is 0.613. The number of nitrogens with zero attached hydrogens (tertiary/aromatic N) is 2. The number of anilines is 1. The molecule has 0 radical (unpaired) electrons. The van der Waals surface area contributed by atoms with Gasteiger partial charge in [-0.1, -0.05) is 42.5 Å². The van der Waals surface area contributed by atoms with Crippen molar-refractivity contribution < 1.29 is 4.90 Å². The zero-order valence-electron chi connectivity index (χ0n) is 13.8. The van der Waals surface area contributed by atoms with Crippen molar-refractivity contribution in [2.24, 2.45) is 5.10 Å². The molecule has 0 bridgehead atoms. The monoisotopic (exact) mass is 296 g/mol. The summed E-state index contributed by atoms with van der Waals surface area (Å²) >= 11 is 0. The van der Waals surface area contributed by atoms with E-state index in [0.717, 1.165) is 17.7 Å². The summed E-state index contributed by atoms with van der Waals surface area (Å²) in [5.74, 6) is 0. The first-order valence-electron chi connectivity index (χ1n) is 7.86. The van der Waals surface area contributed by atoms with Gasteiger partial charge >= 0.3 is 0 Å². The molecule has 0 aliphatic rings. The molecule has 2 aromatic rings. The summed E-state index contributed by atoms with van der Waals surface area (Å²) < 4.78 is 0. The Morgan fingerprint density at radius 3 is 2.32 bits per heavy atom. The molecule has 0 spiro atoms. The van der Waals surface area contributed by atoms with Crippen molar-refractivity contribution in [2.45, 2.75) is 12.8 Å². The Balaban J connectivity index is 1.89. The first kappa shape index (κ1) is 16.2. The van der Waals surface area contributed by atoms with Crippen LogP contribution in [0.2, 0.25) is 0 Å². The topological polar surface area (TPSA) is 20.0 Å². The highest BCUT2D eigenvalue weighted by Crippen LogP contribution is 2.11. The fourth-order valence-electron chi connectivity index (χ4n) is 2.28. The minimum absolute atomic E-state index is 1.08. The number of nitrogens with one attached hydrogen (secondary N) is 1. The van der Waals surface area contributed by atoms with Crippen molar-refractivity contribution in [3.8, 4) is 0 Å². The predicted octanol–water partition coefficient (Wildman–Crippen LogP) is 2.23. The van der Waals surface area contributed by atoms with Gasteiger partial charge in [-0.05, 0) is 29.7 Å². The fraction of sp³-hybridized carbons (Fsp3) is 0.316. The lowest BCUT2D eigenvalue weighted by Gasteiger charge is -2.12. The third-order valence-corrected chi connectivity index (χ3v) is 3.63. The number of quaternary nitrogens is 1. The van der Waals surface area contributed by atoms with Crippen LogP contribution in [0.1, 0.15) is 17.5 Å². The van der Waals surface area contributed by atoms with Crippen LogP contribution in [-0.2, 0) is 6.42 Å². The van der Waals surface area contributed by atoms with Crippen LogP contribution in [0.3, 0.4) is 0 Å². The Bertz CT molecular complexity index is 573. The predicted molar refractivity (Wildman–Crippen MR) is 94.9 cm³/mol. The first-order chi connectivity index (χ1) is 10.6. The Morgan fingerprint density at radius 1 is 1.00 bits per heavy atom. The maximum Gasteiger partial charge on any atom is 0.0770 e. The molecule has 0 aliphatic heterocycles. The SMILES string of the molecule is CN(/N=C/c1ccc(CCC[NH+](C)C)cc1)c1ccccc1. The second-order valence-electron chi connectivity index (χ2n) is 5.91. The van der Waals surface area contributed by atoms with Crippen LogP contribution in [0, 0.1) is 0 Å². The van der Waals surface area contributed by atoms with Crippen LogP contribution >= 0.6 is 0 Å². The smallest absolute Gasteiger partial charge is 0.0770 e. The molecule has 0 aromatic heterocycles. The number of rotatable bonds is 7. The first-order valence-corrected chi connectivity index (χ1v) is 7.86. The molecule has 0 fully saturated rings. The number of hydrogen-bond donors (Lipinski definition) is 1. The molecule has 2 rings (SSSR count). The van der Waals surface area contributed by atoms with E-state index in [2.05, 4.69) is 43.5 Å². The van der Waals surface area contributed by atoms with Crippen LogP contribution in [0.15, 0.2) is 59.7 Å². The van der Waals surface area contributed by atoms with E-state index in [-0.39, 0.29) is 0 Å². The van der Waals surface area contributed by atoms with Gasteiger partial charge in [0.2, 0.25) is 0 Å². The molecule has 0 saturated carbocycles. The van der Waals surface area contributed by atoms with Gasteiger partial charge in [0, 0.05) is 13.5 Å². The van der Waals surface area contributed by atoms with Gasteiger partial charge in [-0.3, -0.25) is 5.01 Å². The van der Waals surface area contributed by atoms with Crippen molar-refractivity contribution in [1.29, 1.82) is 0 Å². The van der Waals surface area contributed by atoms with Gasteiger partial charge in [-0.15, -0.1) is 0 Å². The largest absolute Gasteiger partial charge is 0.340 e. The summed E-state index contributed by atoms with van der Waals surface area (Å²) in [6, 6.07) is 18.8. The summed E-state index contributed by atoms with van der Waals surface area (Å²) in [7, 11) is 6.36. The number of hydrazone groups is 1. The Morgan fingerprint density at radius 2 is 1.68 bits per heavy atom. The fourth-order valence-corrected chi connectivity index (χ4v) is 2.28. The summed E-state index contributed by atoms with van der Waals surface area (Å²) in [6.07, 6.45) is 4.28. The normalized spacial score (nSPS) is 11.3. The Hall–Kier alpha value is -2.13. The molecule has 116 valence electrons. The van der Waals surface area contributed by atoms with Gasteiger partial charge in [-0.25, -0.2) is 0 Å². The van der Waals surface area contributed by atoms with E-state index < -0.39 is 0 Å². The van der Waals surface area contributed by atoms with Crippen LogP contribution in [-0.4, -0.2) is 33.9 Å². The molecule has 22 heavy (non-hydrogen) atoms. The lowest BCUT2D eigenvalue weighted by Crippen LogP contribution is -3.05. The van der Waals surface area contributed by atoms with E-state index >= 15 is 0 Å². The molecule has 2 aromatic carbocycles. The van der Waals surface area contributed by atoms with Crippen molar-refractivity contribution in [1.82, 2.24) is 0 Å². The highest BCUT2D eigenvalue weighted by atomic mass is 15.4. The van der Waals surface area contributed by atoms with E-state index in [0.29, 0.717) is 0 Å². The van der Waals surface area contributed by atoms with Crippen LogP contribution in [0.25, 0.3) is 0 Å². The molecule has 0 atom stereocenters. The number of aryl methyl sites for hydroxylation is 1. The lowest BCUT2D eigenvalue weighted by molar-refractivity contribution is -0.858. The molecule has 0 amide bonds. The van der Waals surface area contributed by atoms with Crippen molar-refractivity contribution in [3.63, 3.8) is 0 Å². The van der Waals surface area contributed by atoms with E-state index in [4.69, 9.17) is 0 Å². The maximum absolute atomic E-state index is 4.48. The summed E-state index contributed by atoms with van der Waals surface area (Å²) in [4.78, 5) is 1.51. The highest BCUT2D eigenvalue weighted by Gasteiger charge is 1.98. The number of para-hydroxylation sites is 1. The van der Waals surface area contributed by atoms with E-state index in [1.807, 2.05) is 48.6 Å². The van der Waals surface area contributed by atoms with Gasteiger partial charge in [0.25, 0.3) is 0 Å². The molecular weight excluding hydrogens is 270 g/mol. The summed E-state index contributed by atoms with van der Waals surface area (Å²) in [5.41, 5.74) is 3.61. The van der Waals surface area contributed by atoms with E-state index in [1.54, 1.807) is 0 Å². The standard InChI is InChI=1S/C19H25N3/c1-21(2)15-7-8-17-11-13-18(14-12-17)16-20-22(3)19-9-5-4-6-10-19/h4-6,9-14,16H,7-8,15H2,1-3H3/p+1/b20-16+. The molecule has 0 saturated heterocycles. The third-order valence-electron chi connectivity index (χ3n) is 3.63. The zero-order valence-corrected chi connectivity index (χ0v) is 13.8. The molecule has 0 aliphatic carbocycles. The molecule has 3 heteroatoms. The number of benzene rings is 2. The van der Waals surface area contributed by atoms with Crippen molar-refractivity contribution in [2.75, 3.05) is 32.7 Å². The van der Waals surface area contributed by atoms with Gasteiger partial charge in [0.05, 0.1) is 32.5 Å². The van der Waals surface area contributed by atoms with Crippen LogP contribution < -0.4 is 9.91 Å². The van der Waals surface area contributed by atoms with Gasteiger partial charge in [-0.2, -0.15) is 5.10 Å². The molecular formula is C19H26N3+. The van der Waals surface area contributed by atoms with Gasteiger partial charge in [0.1, 0.15) is 0 Å². The molecule has 0 unspecified atom stereocenters. The molecule has 3 nitrogen and oxygen atoms in total. The zero-order chi connectivity index (χ0) is 15.8. The van der Waals surface area contributed by atoms with E-state index in [9.17, 15) is 0 Å². The van der Waals surface area contributed by atoms with Gasteiger partial charge in [0.15, 0.2) is 0 Å². The minimum Gasteiger partial charge on any atom is -0.340 e. The Labute approximate surface area is 133 Å². The molecule has 0 heterocycles. The van der Waals surface area contributed by atoms with Crippen LogP contribution in [0.4, 0.5) is 5.69 Å². The second-order valence-corrected chi connectivity index (χ2v) is 5.91. The van der Waals surface area contributed by atoms with Crippen molar-refractivity contribution in [3.05, 3.63) is 65.7 Å². The molecule has 1 N–H and O–H groups in total. The van der Waals surface area contributed by atoms with E-state index in [1.165, 1.54) is 23.4 Å². The third kappa shape index (κ3) is 5.34. The van der Waals surface area contributed by atoms with Gasteiger partial charge < -0.3 is 4.90 Å². The second kappa shape index (κ2) is 8.35.